The first-order valence-electron chi connectivity index (χ1n) is 6.81. The number of nitrogens with zero attached hydrogens (tertiary/aromatic N) is 1. The van der Waals surface area contributed by atoms with E-state index < -0.39 is 0 Å². The van der Waals surface area contributed by atoms with E-state index in [-0.39, 0.29) is 12.4 Å². The maximum Gasteiger partial charge on any atom is 0.00217 e. The summed E-state index contributed by atoms with van der Waals surface area (Å²) in [5.74, 6) is 1.82. The summed E-state index contributed by atoms with van der Waals surface area (Å²) in [7, 11) is 0. The molecule has 3 heteroatoms. The van der Waals surface area contributed by atoms with E-state index in [1.165, 1.54) is 64.6 Å². The van der Waals surface area contributed by atoms with Gasteiger partial charge in [-0.05, 0) is 50.7 Å². The zero-order valence-corrected chi connectivity index (χ0v) is 11.2. The molecule has 1 aliphatic carbocycles. The van der Waals surface area contributed by atoms with Crippen LogP contribution in [0.3, 0.4) is 0 Å². The Labute approximate surface area is 106 Å². The van der Waals surface area contributed by atoms with Crippen molar-refractivity contribution in [2.45, 2.75) is 44.9 Å². The van der Waals surface area contributed by atoms with E-state index in [9.17, 15) is 0 Å². The second kappa shape index (κ2) is 7.52. The molecule has 16 heavy (non-hydrogen) atoms. The van der Waals surface area contributed by atoms with Crippen LogP contribution in [-0.4, -0.2) is 31.1 Å². The Morgan fingerprint density at radius 3 is 2.38 bits per heavy atom. The molecule has 1 atom stereocenters. The van der Waals surface area contributed by atoms with E-state index in [1.807, 2.05) is 0 Å². The number of halogens is 1. The Morgan fingerprint density at radius 1 is 1.00 bits per heavy atom. The predicted molar refractivity (Wildman–Crippen MR) is 72.0 cm³/mol. The first-order chi connectivity index (χ1) is 7.38. The molecule has 2 rings (SSSR count). The van der Waals surface area contributed by atoms with Crippen LogP contribution in [0, 0.1) is 11.8 Å². The van der Waals surface area contributed by atoms with Crippen molar-refractivity contribution < 1.29 is 0 Å². The molecule has 2 N–H and O–H groups in total. The zero-order chi connectivity index (χ0) is 10.5. The first-order valence-corrected chi connectivity index (χ1v) is 6.81. The van der Waals surface area contributed by atoms with Crippen LogP contribution < -0.4 is 5.73 Å². The fourth-order valence-corrected chi connectivity index (χ4v) is 3.21. The molecule has 1 unspecified atom stereocenters. The molecule has 0 amide bonds. The van der Waals surface area contributed by atoms with Gasteiger partial charge >= 0.3 is 0 Å². The predicted octanol–water partition coefficient (Wildman–Crippen LogP) is 2.66. The van der Waals surface area contributed by atoms with Crippen LogP contribution in [0.1, 0.15) is 44.9 Å². The molecule has 2 aliphatic rings. The number of rotatable bonds is 4. The summed E-state index contributed by atoms with van der Waals surface area (Å²) in [6.07, 6.45) is 10.1. The summed E-state index contributed by atoms with van der Waals surface area (Å²) in [6, 6.07) is 0. The van der Waals surface area contributed by atoms with E-state index in [4.69, 9.17) is 5.73 Å². The second-order valence-electron chi connectivity index (χ2n) is 5.48. The van der Waals surface area contributed by atoms with E-state index in [0.717, 1.165) is 18.4 Å². The summed E-state index contributed by atoms with van der Waals surface area (Å²) in [5, 5.41) is 0. The molecule has 0 aromatic heterocycles. The summed E-state index contributed by atoms with van der Waals surface area (Å²) in [6.45, 7) is 4.81. The summed E-state index contributed by atoms with van der Waals surface area (Å²) >= 11 is 0. The van der Waals surface area contributed by atoms with Gasteiger partial charge in [0.25, 0.3) is 0 Å². The monoisotopic (exact) mass is 246 g/mol. The van der Waals surface area contributed by atoms with Gasteiger partial charge in [0.05, 0.1) is 0 Å². The molecule has 0 bridgehead atoms. The molecule has 0 aromatic rings. The van der Waals surface area contributed by atoms with Crippen LogP contribution in [0.5, 0.6) is 0 Å². The second-order valence-corrected chi connectivity index (χ2v) is 5.48. The van der Waals surface area contributed by atoms with Crippen molar-refractivity contribution in [2.75, 3.05) is 26.2 Å². The van der Waals surface area contributed by atoms with Crippen molar-refractivity contribution in [3.8, 4) is 0 Å². The van der Waals surface area contributed by atoms with E-state index in [1.54, 1.807) is 0 Å². The molecular formula is C13H27ClN2. The Bertz CT molecular complexity index is 181. The van der Waals surface area contributed by atoms with Gasteiger partial charge in [-0.15, -0.1) is 12.4 Å². The average molecular weight is 247 g/mol. The summed E-state index contributed by atoms with van der Waals surface area (Å²) in [4.78, 5) is 2.65. The fraction of sp³-hybridized carbons (Fsp3) is 1.00. The SMILES string of the molecule is Cl.NCC1CCCN(CCC2CCCC2)C1. The van der Waals surface area contributed by atoms with Gasteiger partial charge in [0.1, 0.15) is 0 Å². The van der Waals surface area contributed by atoms with Gasteiger partial charge in [-0.2, -0.15) is 0 Å². The Morgan fingerprint density at radius 2 is 1.69 bits per heavy atom. The molecule has 1 saturated carbocycles. The van der Waals surface area contributed by atoms with Crippen LogP contribution in [0.4, 0.5) is 0 Å². The molecule has 1 saturated heterocycles. The smallest absolute Gasteiger partial charge is 0.00217 e. The largest absolute Gasteiger partial charge is 0.330 e. The normalized spacial score (nSPS) is 27.9. The van der Waals surface area contributed by atoms with E-state index in [2.05, 4.69) is 4.90 Å². The standard InChI is InChI=1S/C13H26N2.ClH/c14-10-13-6-3-8-15(11-13)9-7-12-4-1-2-5-12;/h12-13H,1-11,14H2;1H. The average Bonchev–Trinajstić information content (AvgIpc) is 2.79. The van der Waals surface area contributed by atoms with Gasteiger partial charge < -0.3 is 10.6 Å². The van der Waals surface area contributed by atoms with Crippen LogP contribution in [0.2, 0.25) is 0 Å². The molecule has 0 aromatic carbocycles. The van der Waals surface area contributed by atoms with Gasteiger partial charge in [0.2, 0.25) is 0 Å². The van der Waals surface area contributed by atoms with Crippen molar-refractivity contribution in [1.29, 1.82) is 0 Å². The van der Waals surface area contributed by atoms with Crippen LogP contribution in [0.15, 0.2) is 0 Å². The van der Waals surface area contributed by atoms with Gasteiger partial charge in [-0.25, -0.2) is 0 Å². The van der Waals surface area contributed by atoms with Gasteiger partial charge in [0.15, 0.2) is 0 Å². The van der Waals surface area contributed by atoms with Gasteiger partial charge in [0, 0.05) is 6.54 Å². The topological polar surface area (TPSA) is 29.3 Å². The third kappa shape index (κ3) is 4.23. The number of likely N-dealkylation sites (tertiary alicyclic amines) is 1. The van der Waals surface area contributed by atoms with Crippen molar-refractivity contribution in [3.05, 3.63) is 0 Å². The minimum absolute atomic E-state index is 0. The number of nitrogens with two attached hydrogens (primary N) is 1. The maximum absolute atomic E-state index is 5.76. The van der Waals surface area contributed by atoms with Crippen molar-refractivity contribution in [2.24, 2.45) is 17.6 Å². The van der Waals surface area contributed by atoms with Crippen molar-refractivity contribution >= 4 is 12.4 Å². The molecular weight excluding hydrogens is 220 g/mol. The summed E-state index contributed by atoms with van der Waals surface area (Å²) < 4.78 is 0. The zero-order valence-electron chi connectivity index (χ0n) is 10.4. The number of piperidine rings is 1. The Balaban J connectivity index is 0.00000128. The first kappa shape index (κ1) is 14.3. The lowest BCUT2D eigenvalue weighted by molar-refractivity contribution is 0.168. The number of hydrogen-bond acceptors (Lipinski definition) is 2. The molecule has 96 valence electrons. The van der Waals surface area contributed by atoms with Crippen LogP contribution in [-0.2, 0) is 0 Å². The highest BCUT2D eigenvalue weighted by molar-refractivity contribution is 5.85. The van der Waals surface area contributed by atoms with Crippen molar-refractivity contribution in [1.82, 2.24) is 4.90 Å². The van der Waals surface area contributed by atoms with Crippen molar-refractivity contribution in [3.63, 3.8) is 0 Å². The minimum atomic E-state index is 0. The lowest BCUT2D eigenvalue weighted by atomic mass is 9.97. The molecule has 1 aliphatic heterocycles. The quantitative estimate of drug-likeness (QED) is 0.827. The lowest BCUT2D eigenvalue weighted by Gasteiger charge is -2.32. The molecule has 0 radical (unpaired) electrons. The molecule has 0 spiro atoms. The summed E-state index contributed by atoms with van der Waals surface area (Å²) in [5.41, 5.74) is 5.76. The molecule has 1 heterocycles. The third-order valence-electron chi connectivity index (χ3n) is 4.26. The van der Waals surface area contributed by atoms with E-state index in [0.29, 0.717) is 0 Å². The lowest BCUT2D eigenvalue weighted by Crippen LogP contribution is -2.39. The maximum atomic E-state index is 5.76. The Kier molecular flexibility index (Phi) is 6.71. The van der Waals surface area contributed by atoms with Crippen LogP contribution in [0.25, 0.3) is 0 Å². The molecule has 2 nitrogen and oxygen atoms in total. The van der Waals surface area contributed by atoms with E-state index >= 15 is 0 Å². The number of hydrogen-bond donors (Lipinski definition) is 1. The van der Waals surface area contributed by atoms with Crippen LogP contribution >= 0.6 is 12.4 Å². The minimum Gasteiger partial charge on any atom is -0.330 e. The highest BCUT2D eigenvalue weighted by Crippen LogP contribution is 2.28. The van der Waals surface area contributed by atoms with Gasteiger partial charge in [-0.3, -0.25) is 0 Å². The Hall–Kier alpha value is 0.210. The third-order valence-corrected chi connectivity index (χ3v) is 4.26. The van der Waals surface area contributed by atoms with Gasteiger partial charge in [-0.1, -0.05) is 25.7 Å². The molecule has 2 fully saturated rings. The fourth-order valence-electron chi connectivity index (χ4n) is 3.21. The highest BCUT2D eigenvalue weighted by atomic mass is 35.5. The highest BCUT2D eigenvalue weighted by Gasteiger charge is 2.20.